The lowest BCUT2D eigenvalue weighted by molar-refractivity contribution is -0.280. The molecule has 3 rings (SSSR count). The van der Waals surface area contributed by atoms with Crippen molar-refractivity contribution in [2.24, 2.45) is 11.3 Å². The van der Waals surface area contributed by atoms with Gasteiger partial charge in [0.15, 0.2) is 6.29 Å². The molecule has 3 aliphatic rings. The maximum absolute atomic E-state index is 11.7. The van der Waals surface area contributed by atoms with Crippen LogP contribution in [0.15, 0.2) is 35.6 Å². The molecule has 4 heteroatoms. The van der Waals surface area contributed by atoms with Crippen LogP contribution in [-0.4, -0.2) is 24.4 Å². The standard InChI is InChI=1S/C16H21NO3/c1-15(2)9-19-14(20-16(15,3)4)11-7-5-6-10-12(11)8-17-13(10)18/h5-8,10,14H,9H2,1-4H3,(H,17,18). The highest BCUT2D eigenvalue weighted by Crippen LogP contribution is 2.43. The third-order valence-electron chi connectivity index (χ3n) is 4.78. The van der Waals surface area contributed by atoms with E-state index in [2.05, 4.69) is 33.0 Å². The van der Waals surface area contributed by atoms with Gasteiger partial charge in [-0.1, -0.05) is 32.1 Å². The molecule has 0 aromatic heterocycles. The monoisotopic (exact) mass is 275 g/mol. The topological polar surface area (TPSA) is 47.6 Å². The Bertz CT molecular complexity index is 540. The molecule has 1 N–H and O–H groups in total. The van der Waals surface area contributed by atoms with Gasteiger partial charge in [0.1, 0.15) is 0 Å². The zero-order valence-corrected chi connectivity index (χ0v) is 12.4. The molecule has 2 heterocycles. The lowest BCUT2D eigenvalue weighted by Crippen LogP contribution is -2.53. The van der Waals surface area contributed by atoms with E-state index >= 15 is 0 Å². The number of ether oxygens (including phenoxy) is 2. The second-order valence-corrected chi connectivity index (χ2v) is 6.75. The first-order valence-electron chi connectivity index (χ1n) is 7.00. The minimum Gasteiger partial charge on any atom is -0.348 e. The molecule has 2 atom stereocenters. The second kappa shape index (κ2) is 4.30. The Kier molecular flexibility index (Phi) is 2.92. The Balaban J connectivity index is 1.86. The maximum Gasteiger partial charge on any atom is 0.235 e. The van der Waals surface area contributed by atoms with Crippen molar-refractivity contribution in [2.75, 3.05) is 6.61 Å². The predicted octanol–water partition coefficient (Wildman–Crippen LogP) is 2.29. The second-order valence-electron chi connectivity index (χ2n) is 6.75. The first-order valence-corrected chi connectivity index (χ1v) is 7.00. The summed E-state index contributed by atoms with van der Waals surface area (Å²) in [5, 5.41) is 2.76. The van der Waals surface area contributed by atoms with Crippen molar-refractivity contribution in [3.63, 3.8) is 0 Å². The molecule has 0 spiro atoms. The molecule has 0 saturated carbocycles. The Labute approximate surface area is 119 Å². The van der Waals surface area contributed by atoms with E-state index in [1.165, 1.54) is 0 Å². The van der Waals surface area contributed by atoms with Crippen molar-refractivity contribution in [2.45, 2.75) is 39.6 Å². The van der Waals surface area contributed by atoms with Crippen LogP contribution in [0.2, 0.25) is 0 Å². The normalized spacial score (nSPS) is 34.1. The van der Waals surface area contributed by atoms with Gasteiger partial charge in [0, 0.05) is 17.2 Å². The summed E-state index contributed by atoms with van der Waals surface area (Å²) in [4.78, 5) is 11.7. The summed E-state index contributed by atoms with van der Waals surface area (Å²) in [5.41, 5.74) is 1.56. The SMILES string of the molecule is CC1(C)COC(C2=CC=CC3C(=O)NC=C23)OC1(C)C. The Hall–Kier alpha value is -1.39. The Morgan fingerprint density at radius 3 is 2.70 bits per heavy atom. The van der Waals surface area contributed by atoms with E-state index in [4.69, 9.17) is 9.47 Å². The average molecular weight is 275 g/mol. The third-order valence-corrected chi connectivity index (χ3v) is 4.78. The molecule has 1 fully saturated rings. The summed E-state index contributed by atoms with van der Waals surface area (Å²) in [6.07, 6.45) is 7.13. The highest BCUT2D eigenvalue weighted by molar-refractivity contribution is 5.89. The van der Waals surface area contributed by atoms with E-state index in [-0.39, 0.29) is 22.8 Å². The van der Waals surface area contributed by atoms with Gasteiger partial charge in [-0.15, -0.1) is 0 Å². The number of carbonyl (C=O) groups excluding carboxylic acids is 1. The number of carbonyl (C=O) groups is 1. The van der Waals surface area contributed by atoms with Gasteiger partial charge in [-0.2, -0.15) is 0 Å². The van der Waals surface area contributed by atoms with Crippen molar-refractivity contribution < 1.29 is 14.3 Å². The number of hydrogen-bond donors (Lipinski definition) is 1. The number of allylic oxidation sites excluding steroid dienone is 2. The third kappa shape index (κ3) is 1.95. The summed E-state index contributed by atoms with van der Waals surface area (Å²) >= 11 is 0. The average Bonchev–Trinajstić information content (AvgIpc) is 2.75. The lowest BCUT2D eigenvalue weighted by Gasteiger charge is -2.48. The summed E-state index contributed by atoms with van der Waals surface area (Å²) in [7, 11) is 0. The van der Waals surface area contributed by atoms with Crippen LogP contribution in [0.5, 0.6) is 0 Å². The molecular weight excluding hydrogens is 254 g/mol. The van der Waals surface area contributed by atoms with Crippen molar-refractivity contribution >= 4 is 5.91 Å². The number of amides is 1. The predicted molar refractivity (Wildman–Crippen MR) is 75.6 cm³/mol. The molecule has 1 aliphatic carbocycles. The van der Waals surface area contributed by atoms with Gasteiger partial charge in [0.05, 0.1) is 18.1 Å². The van der Waals surface area contributed by atoms with Gasteiger partial charge >= 0.3 is 0 Å². The van der Waals surface area contributed by atoms with E-state index in [0.29, 0.717) is 6.61 Å². The molecule has 0 radical (unpaired) electrons. The molecule has 4 nitrogen and oxygen atoms in total. The zero-order chi connectivity index (χ0) is 14.5. The maximum atomic E-state index is 11.7. The molecule has 0 aromatic carbocycles. The summed E-state index contributed by atoms with van der Waals surface area (Å²) < 4.78 is 12.1. The largest absolute Gasteiger partial charge is 0.348 e. The van der Waals surface area contributed by atoms with E-state index in [0.717, 1.165) is 11.1 Å². The van der Waals surface area contributed by atoms with Crippen molar-refractivity contribution in [3.05, 3.63) is 35.6 Å². The van der Waals surface area contributed by atoms with Crippen LogP contribution in [0.4, 0.5) is 0 Å². The summed E-state index contributed by atoms with van der Waals surface area (Å²) in [6, 6.07) is 0. The van der Waals surface area contributed by atoms with Crippen LogP contribution in [-0.2, 0) is 14.3 Å². The highest BCUT2D eigenvalue weighted by atomic mass is 16.7. The number of fused-ring (bicyclic) bond motifs is 1. The van der Waals surface area contributed by atoms with E-state index in [1.807, 2.05) is 18.2 Å². The first kappa shape index (κ1) is 13.6. The van der Waals surface area contributed by atoms with Crippen LogP contribution in [0.3, 0.4) is 0 Å². The highest BCUT2D eigenvalue weighted by Gasteiger charge is 2.46. The van der Waals surface area contributed by atoms with Crippen LogP contribution in [0.25, 0.3) is 0 Å². The van der Waals surface area contributed by atoms with Crippen LogP contribution < -0.4 is 5.32 Å². The number of hydrogen-bond acceptors (Lipinski definition) is 3. The fourth-order valence-electron chi connectivity index (χ4n) is 2.58. The molecule has 0 aromatic rings. The van der Waals surface area contributed by atoms with Gasteiger partial charge in [-0.05, 0) is 19.4 Å². The molecule has 2 unspecified atom stereocenters. The molecule has 2 aliphatic heterocycles. The van der Waals surface area contributed by atoms with Crippen LogP contribution in [0, 0.1) is 11.3 Å². The molecule has 1 amide bonds. The Morgan fingerprint density at radius 2 is 2.00 bits per heavy atom. The fourth-order valence-corrected chi connectivity index (χ4v) is 2.58. The summed E-state index contributed by atoms with van der Waals surface area (Å²) in [6.45, 7) is 9.09. The zero-order valence-electron chi connectivity index (χ0n) is 12.4. The quantitative estimate of drug-likeness (QED) is 0.798. The molecule has 20 heavy (non-hydrogen) atoms. The number of rotatable bonds is 1. The smallest absolute Gasteiger partial charge is 0.235 e. The van der Waals surface area contributed by atoms with E-state index < -0.39 is 6.29 Å². The van der Waals surface area contributed by atoms with Crippen molar-refractivity contribution in [1.29, 1.82) is 0 Å². The molecule has 1 saturated heterocycles. The minimum absolute atomic E-state index is 0.0113. The first-order chi connectivity index (χ1) is 9.32. The molecule has 0 bridgehead atoms. The summed E-state index contributed by atoms with van der Waals surface area (Å²) in [5.74, 6) is -0.197. The van der Waals surface area contributed by atoms with Crippen LogP contribution >= 0.6 is 0 Å². The van der Waals surface area contributed by atoms with Gasteiger partial charge < -0.3 is 14.8 Å². The van der Waals surface area contributed by atoms with E-state index in [1.54, 1.807) is 6.20 Å². The van der Waals surface area contributed by atoms with Gasteiger partial charge in [0.2, 0.25) is 5.91 Å². The Morgan fingerprint density at radius 1 is 1.25 bits per heavy atom. The molecule has 108 valence electrons. The van der Waals surface area contributed by atoms with Gasteiger partial charge in [-0.25, -0.2) is 0 Å². The van der Waals surface area contributed by atoms with Crippen LogP contribution in [0.1, 0.15) is 27.7 Å². The van der Waals surface area contributed by atoms with Crippen molar-refractivity contribution in [1.82, 2.24) is 5.32 Å². The fraction of sp³-hybridized carbons (Fsp3) is 0.562. The lowest BCUT2D eigenvalue weighted by atomic mass is 9.76. The van der Waals surface area contributed by atoms with E-state index in [9.17, 15) is 4.79 Å². The van der Waals surface area contributed by atoms with Gasteiger partial charge in [-0.3, -0.25) is 4.79 Å². The van der Waals surface area contributed by atoms with Gasteiger partial charge in [0.25, 0.3) is 0 Å². The van der Waals surface area contributed by atoms with Crippen molar-refractivity contribution in [3.8, 4) is 0 Å². The molecular formula is C16H21NO3. The minimum atomic E-state index is -0.413. The number of nitrogens with one attached hydrogen (secondary N) is 1.